The summed E-state index contributed by atoms with van der Waals surface area (Å²) < 4.78 is 6.47. The summed E-state index contributed by atoms with van der Waals surface area (Å²) in [6.45, 7) is 1.71. The normalized spacial score (nSPS) is 11.8. The number of rotatable bonds is 8. The summed E-state index contributed by atoms with van der Waals surface area (Å²) in [4.78, 5) is 30.5. The smallest absolute Gasteiger partial charge is 0.251 e. The van der Waals surface area contributed by atoms with Crippen LogP contribution in [0.3, 0.4) is 0 Å². The molecular formula is C27H21ClN8O3. The molecule has 0 aliphatic rings. The zero-order valence-electron chi connectivity index (χ0n) is 20.5. The number of nitrogens with zero attached hydrogens (tertiary/aromatic N) is 6. The van der Waals surface area contributed by atoms with Crippen LogP contribution in [0.15, 0.2) is 89.7 Å². The molecule has 3 aromatic carbocycles. The highest BCUT2D eigenvalue weighted by molar-refractivity contribution is 6.30. The molecule has 2 N–H and O–H groups in total. The predicted octanol–water partition coefficient (Wildman–Crippen LogP) is 4.18. The summed E-state index contributed by atoms with van der Waals surface area (Å²) in [6, 6.07) is 20.1. The number of benzene rings is 3. The largest absolute Gasteiger partial charge is 0.339 e. The van der Waals surface area contributed by atoms with Gasteiger partial charge in [-0.2, -0.15) is 9.67 Å². The first-order chi connectivity index (χ1) is 19.0. The van der Waals surface area contributed by atoms with Crippen LogP contribution in [-0.4, -0.2) is 42.2 Å². The van der Waals surface area contributed by atoms with E-state index in [1.165, 1.54) is 17.1 Å². The molecule has 2 amide bonds. The molecule has 0 aliphatic carbocycles. The first-order valence-electron chi connectivity index (χ1n) is 11.7. The number of nitrogens with one attached hydrogen (secondary N) is 2. The van der Waals surface area contributed by atoms with E-state index in [-0.39, 0.29) is 0 Å². The van der Waals surface area contributed by atoms with Gasteiger partial charge in [-0.1, -0.05) is 47.1 Å². The van der Waals surface area contributed by atoms with E-state index in [2.05, 4.69) is 36.3 Å². The Kier molecular flexibility index (Phi) is 7.51. The molecule has 0 bridgehead atoms. The van der Waals surface area contributed by atoms with Gasteiger partial charge < -0.3 is 15.2 Å². The Labute approximate surface area is 227 Å². The number of anilines is 1. The van der Waals surface area contributed by atoms with Gasteiger partial charge >= 0.3 is 0 Å². The van der Waals surface area contributed by atoms with Crippen molar-refractivity contribution in [3.8, 4) is 17.1 Å². The lowest BCUT2D eigenvalue weighted by Gasteiger charge is -2.18. The molecule has 5 rings (SSSR count). The molecule has 1 unspecified atom stereocenters. The molecule has 2 heterocycles. The van der Waals surface area contributed by atoms with E-state index in [0.717, 1.165) is 5.56 Å². The van der Waals surface area contributed by atoms with E-state index in [1.54, 1.807) is 79.7 Å². The summed E-state index contributed by atoms with van der Waals surface area (Å²) in [5.74, 6) is 0.0158. The Morgan fingerprint density at radius 1 is 1.05 bits per heavy atom. The van der Waals surface area contributed by atoms with Crippen molar-refractivity contribution in [1.29, 1.82) is 0 Å². The maximum atomic E-state index is 13.3. The summed E-state index contributed by atoms with van der Waals surface area (Å²) in [5.41, 5.74) is 3.14. The Hall–Kier alpha value is -5.16. The highest BCUT2D eigenvalue weighted by Crippen LogP contribution is 2.22. The van der Waals surface area contributed by atoms with Crippen LogP contribution in [0.2, 0.25) is 5.02 Å². The molecule has 1 atom stereocenters. The van der Waals surface area contributed by atoms with E-state index < -0.39 is 17.9 Å². The molecular weight excluding hydrogens is 520 g/mol. The maximum absolute atomic E-state index is 13.3. The lowest BCUT2D eigenvalue weighted by Crippen LogP contribution is -2.36. The van der Waals surface area contributed by atoms with Gasteiger partial charge in [0.2, 0.25) is 17.6 Å². The van der Waals surface area contributed by atoms with E-state index in [9.17, 15) is 9.59 Å². The molecule has 39 heavy (non-hydrogen) atoms. The molecule has 0 radical (unpaired) electrons. The first kappa shape index (κ1) is 25.5. The van der Waals surface area contributed by atoms with Crippen LogP contribution in [0.5, 0.6) is 0 Å². The lowest BCUT2D eigenvalue weighted by atomic mass is 10.1. The van der Waals surface area contributed by atoms with Gasteiger partial charge in [0.15, 0.2) is 0 Å². The van der Waals surface area contributed by atoms with Gasteiger partial charge in [0.05, 0.1) is 5.69 Å². The minimum atomic E-state index is -0.957. The summed E-state index contributed by atoms with van der Waals surface area (Å²) in [7, 11) is 0. The second kappa shape index (κ2) is 11.5. The highest BCUT2D eigenvalue weighted by atomic mass is 35.5. The van der Waals surface area contributed by atoms with Crippen molar-refractivity contribution in [3.63, 3.8) is 0 Å². The van der Waals surface area contributed by atoms with Gasteiger partial charge in [0.25, 0.3) is 5.91 Å². The zero-order valence-corrected chi connectivity index (χ0v) is 21.3. The van der Waals surface area contributed by atoms with E-state index >= 15 is 0 Å². The molecule has 2 aromatic heterocycles. The van der Waals surface area contributed by atoms with Gasteiger partial charge in [-0.05, 0) is 64.5 Å². The Morgan fingerprint density at radius 2 is 1.85 bits per heavy atom. The molecule has 0 aliphatic heterocycles. The van der Waals surface area contributed by atoms with Gasteiger partial charge in [0, 0.05) is 34.8 Å². The monoisotopic (exact) mass is 540 g/mol. The van der Waals surface area contributed by atoms with Gasteiger partial charge in [-0.25, -0.2) is 0 Å². The van der Waals surface area contributed by atoms with Gasteiger partial charge in [-0.15, -0.1) is 5.10 Å². The van der Waals surface area contributed by atoms with Crippen molar-refractivity contribution in [3.05, 3.63) is 107 Å². The van der Waals surface area contributed by atoms with Crippen molar-refractivity contribution in [2.45, 2.75) is 13.0 Å². The molecule has 0 saturated carbocycles. The van der Waals surface area contributed by atoms with Crippen LogP contribution in [0, 0.1) is 6.92 Å². The number of carbonyl (C=O) groups is 2. The van der Waals surface area contributed by atoms with Crippen LogP contribution < -0.4 is 10.6 Å². The minimum Gasteiger partial charge on any atom is -0.339 e. The molecule has 5 aromatic rings. The van der Waals surface area contributed by atoms with Crippen molar-refractivity contribution < 1.29 is 14.1 Å². The number of carbonyl (C=O) groups excluding carboxylic acids is 2. The van der Waals surface area contributed by atoms with Crippen LogP contribution in [0.4, 0.5) is 5.69 Å². The second-order valence-corrected chi connectivity index (χ2v) is 8.78. The third-order valence-corrected chi connectivity index (χ3v) is 5.85. The minimum absolute atomic E-state index is 0.414. The van der Waals surface area contributed by atoms with E-state index in [4.69, 9.17) is 16.1 Å². The molecule has 0 fully saturated rings. The third kappa shape index (κ3) is 6.22. The van der Waals surface area contributed by atoms with E-state index in [1.807, 2.05) is 6.07 Å². The fraction of sp³-hybridized carbons (Fsp3) is 0.0741. The molecule has 194 valence electrons. The molecule has 11 nitrogen and oxygen atoms in total. The summed E-state index contributed by atoms with van der Waals surface area (Å²) in [6.07, 6.45) is 4.34. The highest BCUT2D eigenvalue weighted by Gasteiger charge is 2.22. The van der Waals surface area contributed by atoms with E-state index in [0.29, 0.717) is 39.2 Å². The third-order valence-electron chi connectivity index (χ3n) is 5.62. The fourth-order valence-electron chi connectivity index (χ4n) is 3.77. The average Bonchev–Trinajstić information content (AvgIpc) is 3.64. The molecule has 0 spiro atoms. The number of hydrogen-bond acceptors (Lipinski definition) is 8. The van der Waals surface area contributed by atoms with Crippen LogP contribution in [0.1, 0.15) is 23.1 Å². The summed E-state index contributed by atoms with van der Waals surface area (Å²) in [5, 5.41) is 21.2. The number of halogens is 1. The SMILES string of the molecule is Cc1nc(-c2ccc(NC(=O)C(NC(=O)/C=C/c3cc(Cl)ccc3-n3cnnn3)c3ccccc3)cc2)no1. The number of hydrogen-bond donors (Lipinski definition) is 2. The van der Waals surface area contributed by atoms with Crippen molar-refractivity contribution in [2.75, 3.05) is 5.32 Å². The van der Waals surface area contributed by atoms with Crippen LogP contribution in [0.25, 0.3) is 23.2 Å². The van der Waals surface area contributed by atoms with Gasteiger partial charge in [0.1, 0.15) is 12.4 Å². The number of aromatic nitrogens is 6. The Bertz CT molecular complexity index is 1620. The quantitative estimate of drug-likeness (QED) is 0.279. The Morgan fingerprint density at radius 3 is 2.54 bits per heavy atom. The average molecular weight is 541 g/mol. The number of amides is 2. The second-order valence-electron chi connectivity index (χ2n) is 8.35. The van der Waals surface area contributed by atoms with Crippen LogP contribution in [-0.2, 0) is 9.59 Å². The topological polar surface area (TPSA) is 141 Å². The fourth-order valence-corrected chi connectivity index (χ4v) is 3.95. The lowest BCUT2D eigenvalue weighted by molar-refractivity contribution is -0.123. The van der Waals surface area contributed by atoms with Crippen molar-refractivity contribution in [2.24, 2.45) is 0 Å². The molecule has 0 saturated heterocycles. The number of tetrazole rings is 1. The molecule has 12 heteroatoms. The first-order valence-corrected chi connectivity index (χ1v) is 12.1. The predicted molar refractivity (Wildman–Crippen MR) is 144 cm³/mol. The van der Waals surface area contributed by atoms with Crippen molar-refractivity contribution in [1.82, 2.24) is 35.7 Å². The Balaban J connectivity index is 1.33. The maximum Gasteiger partial charge on any atom is 0.251 e. The number of aryl methyl sites for hydroxylation is 1. The van der Waals surface area contributed by atoms with Crippen molar-refractivity contribution >= 4 is 35.2 Å². The van der Waals surface area contributed by atoms with Crippen LogP contribution >= 0.6 is 11.6 Å². The zero-order chi connectivity index (χ0) is 27.2. The summed E-state index contributed by atoms with van der Waals surface area (Å²) >= 11 is 6.16. The standard InChI is InChI=1S/C27H21ClN8O3/c1-17-30-26(33-39-17)19-7-11-22(12-8-19)31-27(38)25(18-5-3-2-4-6-18)32-24(37)14-9-20-15-21(28)10-13-23(20)36-16-29-34-35-36/h2-16,25H,1H3,(H,31,38)(H,32,37)/b14-9+. The van der Waals surface area contributed by atoms with Gasteiger partial charge in [-0.3, -0.25) is 9.59 Å².